The molecule has 0 spiro atoms. The number of nitrogens with one attached hydrogen (secondary N) is 2. The van der Waals surface area contributed by atoms with Crippen LogP contribution in [0.1, 0.15) is 40.5 Å². The second kappa shape index (κ2) is 7.53. The topological polar surface area (TPSA) is 108 Å². The van der Waals surface area contributed by atoms with E-state index < -0.39 is 0 Å². The summed E-state index contributed by atoms with van der Waals surface area (Å²) in [5, 5.41) is 19.5. The molecule has 1 aliphatic heterocycles. The highest BCUT2D eigenvalue weighted by Gasteiger charge is 2.39. The molecular formula is C23H30N8OS. The molecule has 1 saturated heterocycles. The average molecular weight is 467 g/mol. The molecule has 5 heterocycles. The van der Waals surface area contributed by atoms with Crippen LogP contribution in [-0.2, 0) is 7.05 Å². The fourth-order valence-corrected chi connectivity index (χ4v) is 5.96. The summed E-state index contributed by atoms with van der Waals surface area (Å²) in [5.41, 5.74) is 2.94. The van der Waals surface area contributed by atoms with E-state index in [0.29, 0.717) is 23.2 Å². The van der Waals surface area contributed by atoms with Gasteiger partial charge in [-0.2, -0.15) is 5.10 Å². The lowest BCUT2D eigenvalue weighted by Crippen LogP contribution is -2.61. The molecule has 4 aromatic heterocycles. The largest absolute Gasteiger partial charge is 0.506 e. The van der Waals surface area contributed by atoms with Crippen LogP contribution in [0.3, 0.4) is 0 Å². The maximum absolute atomic E-state index is 10.6. The van der Waals surface area contributed by atoms with Crippen LogP contribution in [0.5, 0.6) is 5.75 Å². The first-order valence-electron chi connectivity index (χ1n) is 11.1. The summed E-state index contributed by atoms with van der Waals surface area (Å²) in [6.45, 7) is 9.03. The summed E-state index contributed by atoms with van der Waals surface area (Å²) in [5.74, 6) is 0.576. The number of fused-ring (bicyclic) bond motifs is 1. The van der Waals surface area contributed by atoms with E-state index in [1.807, 2.05) is 13.2 Å². The predicted molar refractivity (Wildman–Crippen MR) is 132 cm³/mol. The number of rotatable bonds is 4. The number of thiazole rings is 1. The Kier molecular flexibility index (Phi) is 4.98. The van der Waals surface area contributed by atoms with Gasteiger partial charge in [-0.15, -0.1) is 0 Å². The molecule has 0 aromatic carbocycles. The molecule has 0 unspecified atom stereocenters. The highest BCUT2D eigenvalue weighted by Crippen LogP contribution is 2.37. The normalized spacial score (nSPS) is 18.1. The zero-order chi connectivity index (χ0) is 23.5. The van der Waals surface area contributed by atoms with Crippen molar-refractivity contribution >= 4 is 26.9 Å². The first-order chi connectivity index (χ1) is 15.5. The molecule has 1 aliphatic rings. The van der Waals surface area contributed by atoms with Crippen molar-refractivity contribution in [1.29, 1.82) is 0 Å². The van der Waals surface area contributed by atoms with Gasteiger partial charge in [0, 0.05) is 54.7 Å². The number of imidazole rings is 1. The Morgan fingerprint density at radius 3 is 2.45 bits per heavy atom. The standard InChI is InChI=1S/C23H30N8OS/c1-22(2)8-15(9-23(3,4)29-22)31(6)21-28-19-20(33-21)27-18(26-19)17-16(32)7-13(10-24-17)14-11-25-30(5)12-14/h7,10-12,15,29,32H,8-9H2,1-6H3,(H,26,27). The van der Waals surface area contributed by atoms with Crippen molar-refractivity contribution in [3.05, 3.63) is 24.7 Å². The van der Waals surface area contributed by atoms with Crippen molar-refractivity contribution in [3.63, 3.8) is 0 Å². The maximum atomic E-state index is 10.6. The van der Waals surface area contributed by atoms with Crippen molar-refractivity contribution in [2.24, 2.45) is 7.05 Å². The summed E-state index contributed by atoms with van der Waals surface area (Å²) in [6, 6.07) is 2.07. The molecule has 9 nitrogen and oxygen atoms in total. The van der Waals surface area contributed by atoms with Crippen molar-refractivity contribution in [2.75, 3.05) is 11.9 Å². The zero-order valence-electron chi connectivity index (χ0n) is 19.8. The molecule has 0 atom stereocenters. The third-order valence-corrected chi connectivity index (χ3v) is 7.24. The van der Waals surface area contributed by atoms with E-state index in [1.165, 1.54) is 0 Å². The third-order valence-electron chi connectivity index (χ3n) is 6.20. The average Bonchev–Trinajstić information content (AvgIpc) is 3.39. The lowest BCUT2D eigenvalue weighted by atomic mass is 9.79. The number of aromatic hydroxyl groups is 1. The molecule has 0 aliphatic carbocycles. The van der Waals surface area contributed by atoms with Gasteiger partial charge in [-0.25, -0.2) is 15.0 Å². The van der Waals surface area contributed by atoms with Crippen LogP contribution in [0, 0.1) is 0 Å². The first-order valence-corrected chi connectivity index (χ1v) is 11.9. The Morgan fingerprint density at radius 1 is 1.12 bits per heavy atom. The van der Waals surface area contributed by atoms with Gasteiger partial charge >= 0.3 is 0 Å². The van der Waals surface area contributed by atoms with Gasteiger partial charge in [0.1, 0.15) is 11.4 Å². The number of aromatic nitrogens is 6. The molecule has 0 saturated carbocycles. The Bertz CT molecular complexity index is 1270. The number of anilines is 1. The van der Waals surface area contributed by atoms with Gasteiger partial charge in [0.25, 0.3) is 0 Å². The highest BCUT2D eigenvalue weighted by molar-refractivity contribution is 7.21. The molecule has 0 amide bonds. The van der Waals surface area contributed by atoms with Gasteiger partial charge in [-0.3, -0.25) is 4.68 Å². The smallest absolute Gasteiger partial charge is 0.189 e. The molecule has 0 radical (unpaired) electrons. The quantitative estimate of drug-likeness (QED) is 0.418. The van der Waals surface area contributed by atoms with Crippen molar-refractivity contribution in [3.8, 4) is 28.4 Å². The molecule has 5 rings (SSSR count). The molecule has 4 aromatic rings. The van der Waals surface area contributed by atoms with Gasteiger partial charge in [0.2, 0.25) is 0 Å². The Balaban J connectivity index is 1.40. The SMILES string of the molecule is CN(c1nc2[nH]c(-c3ncc(-c4cnn(C)c4)cc3O)nc2s1)C1CC(C)(C)NC(C)(C)C1. The Morgan fingerprint density at radius 2 is 1.85 bits per heavy atom. The van der Waals surface area contributed by atoms with Crippen LogP contribution in [0.25, 0.3) is 33.1 Å². The zero-order valence-corrected chi connectivity index (χ0v) is 20.7. The van der Waals surface area contributed by atoms with Crippen molar-refractivity contribution < 1.29 is 5.11 Å². The number of hydrogen-bond donors (Lipinski definition) is 3. The maximum Gasteiger partial charge on any atom is 0.189 e. The molecule has 0 bridgehead atoms. The van der Waals surface area contributed by atoms with E-state index in [-0.39, 0.29) is 16.8 Å². The summed E-state index contributed by atoms with van der Waals surface area (Å²) in [4.78, 5) is 20.3. The van der Waals surface area contributed by atoms with Crippen LogP contribution in [0.15, 0.2) is 24.7 Å². The van der Waals surface area contributed by atoms with Crippen LogP contribution in [0.4, 0.5) is 5.13 Å². The van der Waals surface area contributed by atoms with Gasteiger partial charge < -0.3 is 20.3 Å². The van der Waals surface area contributed by atoms with Crippen LogP contribution in [0.2, 0.25) is 0 Å². The number of H-pyrrole nitrogens is 1. The van der Waals surface area contributed by atoms with Crippen LogP contribution in [-0.4, -0.2) is 59.0 Å². The molecule has 33 heavy (non-hydrogen) atoms. The van der Waals surface area contributed by atoms with Gasteiger partial charge in [0.15, 0.2) is 21.4 Å². The fourth-order valence-electron chi connectivity index (χ4n) is 5.03. The van der Waals surface area contributed by atoms with Crippen molar-refractivity contribution in [2.45, 2.75) is 57.7 Å². The Labute approximate surface area is 196 Å². The second-order valence-electron chi connectivity index (χ2n) is 10.3. The predicted octanol–water partition coefficient (Wildman–Crippen LogP) is 3.93. The summed E-state index contributed by atoms with van der Waals surface area (Å²) in [7, 11) is 3.97. The second-order valence-corrected chi connectivity index (χ2v) is 11.3. The van der Waals surface area contributed by atoms with Crippen LogP contribution < -0.4 is 10.2 Å². The minimum Gasteiger partial charge on any atom is -0.506 e. The molecular weight excluding hydrogens is 436 g/mol. The summed E-state index contributed by atoms with van der Waals surface area (Å²) < 4.78 is 1.72. The minimum absolute atomic E-state index is 0.0641. The highest BCUT2D eigenvalue weighted by atomic mass is 32.1. The van der Waals surface area contributed by atoms with E-state index in [9.17, 15) is 5.11 Å². The summed E-state index contributed by atoms with van der Waals surface area (Å²) >= 11 is 1.56. The number of aryl methyl sites for hydroxylation is 1. The Hall–Kier alpha value is -2.98. The van der Waals surface area contributed by atoms with Crippen molar-refractivity contribution in [1.82, 2.24) is 35.0 Å². The van der Waals surface area contributed by atoms with E-state index in [0.717, 1.165) is 33.9 Å². The third kappa shape index (κ3) is 4.20. The van der Waals surface area contributed by atoms with E-state index in [1.54, 1.807) is 34.5 Å². The van der Waals surface area contributed by atoms with Gasteiger partial charge in [-0.05, 0) is 46.6 Å². The number of hydrogen-bond acceptors (Lipinski definition) is 8. The molecule has 10 heteroatoms. The number of pyridine rings is 1. The first kappa shape index (κ1) is 21.8. The fraction of sp³-hybridized carbons (Fsp3) is 0.478. The van der Waals surface area contributed by atoms with Crippen LogP contribution >= 0.6 is 11.3 Å². The van der Waals surface area contributed by atoms with E-state index in [2.05, 4.69) is 65.0 Å². The molecule has 3 N–H and O–H groups in total. The number of piperidine rings is 1. The number of nitrogens with zero attached hydrogens (tertiary/aromatic N) is 6. The lowest BCUT2D eigenvalue weighted by Gasteiger charge is -2.48. The van der Waals surface area contributed by atoms with Gasteiger partial charge in [-0.1, -0.05) is 11.3 Å². The minimum atomic E-state index is 0.0641. The molecule has 174 valence electrons. The monoisotopic (exact) mass is 466 g/mol. The van der Waals surface area contributed by atoms with E-state index >= 15 is 0 Å². The number of aromatic amines is 1. The molecule has 1 fully saturated rings. The van der Waals surface area contributed by atoms with E-state index in [4.69, 9.17) is 4.98 Å². The van der Waals surface area contributed by atoms with Gasteiger partial charge in [0.05, 0.1) is 6.20 Å². The lowest BCUT2D eigenvalue weighted by molar-refractivity contribution is 0.161. The summed E-state index contributed by atoms with van der Waals surface area (Å²) in [6.07, 6.45) is 7.42.